The van der Waals surface area contributed by atoms with Crippen molar-refractivity contribution in [2.24, 2.45) is 0 Å². The summed E-state index contributed by atoms with van der Waals surface area (Å²) in [5.74, 6) is 2.20. The minimum atomic E-state index is -0.0968. The van der Waals surface area contributed by atoms with E-state index in [9.17, 15) is 4.79 Å². The van der Waals surface area contributed by atoms with Crippen LogP contribution in [0.2, 0.25) is 0 Å². The second-order valence-corrected chi connectivity index (χ2v) is 6.45. The lowest BCUT2D eigenvalue weighted by Crippen LogP contribution is -2.23. The van der Waals surface area contributed by atoms with Crippen molar-refractivity contribution in [3.05, 3.63) is 51.9 Å². The number of aromatic amines is 1. The molecule has 0 fully saturated rings. The van der Waals surface area contributed by atoms with Crippen molar-refractivity contribution >= 4 is 10.9 Å². The van der Waals surface area contributed by atoms with E-state index in [4.69, 9.17) is 9.26 Å². The minimum Gasteiger partial charge on any atom is -0.497 e. The van der Waals surface area contributed by atoms with E-state index in [2.05, 4.69) is 15.1 Å². The molecular weight excluding hydrogens is 320 g/mol. The first-order valence-corrected chi connectivity index (χ1v) is 8.17. The predicted molar refractivity (Wildman–Crippen MR) is 94.7 cm³/mol. The molecule has 2 heterocycles. The third-order valence-corrected chi connectivity index (χ3v) is 3.96. The highest BCUT2D eigenvalue weighted by Crippen LogP contribution is 2.19. The largest absolute Gasteiger partial charge is 0.497 e. The minimum absolute atomic E-state index is 0.0968. The molecule has 0 saturated heterocycles. The molecule has 2 aromatic heterocycles. The second-order valence-electron chi connectivity index (χ2n) is 6.45. The number of hydrogen-bond acceptors (Lipinski definition) is 6. The van der Waals surface area contributed by atoms with Crippen molar-refractivity contribution in [2.45, 2.75) is 32.9 Å². The first-order chi connectivity index (χ1) is 12.0. The Morgan fingerprint density at radius 3 is 2.76 bits per heavy atom. The molecule has 0 unspecified atom stereocenters. The fourth-order valence-electron chi connectivity index (χ4n) is 2.63. The number of pyridine rings is 1. The molecule has 0 aliphatic rings. The van der Waals surface area contributed by atoms with E-state index >= 15 is 0 Å². The van der Waals surface area contributed by atoms with E-state index in [1.54, 1.807) is 7.11 Å². The molecule has 0 aliphatic carbocycles. The van der Waals surface area contributed by atoms with Crippen molar-refractivity contribution in [3.8, 4) is 5.75 Å². The molecular formula is C18H22N4O3. The summed E-state index contributed by atoms with van der Waals surface area (Å²) in [6.45, 7) is 4.99. The molecule has 0 radical (unpaired) electrons. The van der Waals surface area contributed by atoms with Crippen molar-refractivity contribution in [3.63, 3.8) is 0 Å². The van der Waals surface area contributed by atoms with E-state index in [-0.39, 0.29) is 11.5 Å². The number of nitrogens with zero attached hydrogens (tertiary/aromatic N) is 3. The zero-order valence-electron chi connectivity index (χ0n) is 14.9. The van der Waals surface area contributed by atoms with Gasteiger partial charge in [-0.2, -0.15) is 4.98 Å². The molecule has 0 bridgehead atoms. The molecule has 1 N–H and O–H groups in total. The van der Waals surface area contributed by atoms with Gasteiger partial charge in [0.05, 0.1) is 13.7 Å². The summed E-state index contributed by atoms with van der Waals surface area (Å²) in [4.78, 5) is 21.6. The van der Waals surface area contributed by atoms with Gasteiger partial charge in [0.2, 0.25) is 5.89 Å². The van der Waals surface area contributed by atoms with Gasteiger partial charge in [0.15, 0.2) is 5.82 Å². The summed E-state index contributed by atoms with van der Waals surface area (Å²) in [5, 5.41) is 4.92. The summed E-state index contributed by atoms with van der Waals surface area (Å²) in [6.07, 6.45) is 0. The van der Waals surface area contributed by atoms with Gasteiger partial charge in [-0.15, -0.1) is 0 Å². The standard InChI is InChI=1S/C18H22N4O3/c1-11(2)18-20-16(21-25-18)10-22(3)9-13-7-12-8-14(24-4)5-6-15(12)19-17(13)23/h5-8,11H,9-10H2,1-4H3,(H,19,23). The Morgan fingerprint density at radius 2 is 2.08 bits per heavy atom. The fourth-order valence-corrected chi connectivity index (χ4v) is 2.63. The van der Waals surface area contributed by atoms with Gasteiger partial charge < -0.3 is 14.2 Å². The van der Waals surface area contributed by atoms with Gasteiger partial charge in [0.25, 0.3) is 5.56 Å². The van der Waals surface area contributed by atoms with E-state index in [1.165, 1.54) is 0 Å². The number of benzene rings is 1. The van der Waals surface area contributed by atoms with Crippen LogP contribution in [0.5, 0.6) is 5.75 Å². The van der Waals surface area contributed by atoms with Crippen molar-refractivity contribution in [2.75, 3.05) is 14.2 Å². The summed E-state index contributed by atoms with van der Waals surface area (Å²) in [6, 6.07) is 7.47. The van der Waals surface area contributed by atoms with Gasteiger partial charge in [-0.25, -0.2) is 0 Å². The van der Waals surface area contributed by atoms with Crippen LogP contribution in [0.3, 0.4) is 0 Å². The Bertz CT molecular complexity index is 929. The molecule has 3 rings (SSSR count). The second kappa shape index (κ2) is 7.06. The van der Waals surface area contributed by atoms with Crippen LogP contribution in [0.25, 0.3) is 10.9 Å². The molecule has 0 spiro atoms. The van der Waals surface area contributed by atoms with E-state index in [0.29, 0.717) is 30.4 Å². The quantitative estimate of drug-likeness (QED) is 0.741. The van der Waals surface area contributed by atoms with Crippen molar-refractivity contribution in [1.29, 1.82) is 0 Å². The van der Waals surface area contributed by atoms with Crippen LogP contribution in [0.4, 0.5) is 0 Å². The third-order valence-electron chi connectivity index (χ3n) is 3.96. The number of H-pyrrole nitrogens is 1. The van der Waals surface area contributed by atoms with Crippen LogP contribution < -0.4 is 10.3 Å². The zero-order chi connectivity index (χ0) is 18.0. The number of ether oxygens (including phenoxy) is 1. The molecule has 0 atom stereocenters. The highest BCUT2D eigenvalue weighted by molar-refractivity contribution is 5.80. The number of rotatable bonds is 6. The molecule has 0 saturated carbocycles. The topological polar surface area (TPSA) is 84.3 Å². The average Bonchev–Trinajstić information content (AvgIpc) is 3.03. The molecule has 0 amide bonds. The summed E-state index contributed by atoms with van der Waals surface area (Å²) >= 11 is 0. The normalized spacial score (nSPS) is 11.6. The zero-order valence-corrected chi connectivity index (χ0v) is 14.9. The lowest BCUT2D eigenvalue weighted by molar-refractivity contribution is 0.298. The Labute approximate surface area is 145 Å². The number of hydrogen-bond donors (Lipinski definition) is 1. The Balaban J connectivity index is 1.78. The van der Waals surface area contributed by atoms with Gasteiger partial charge in [-0.1, -0.05) is 19.0 Å². The van der Waals surface area contributed by atoms with Crippen molar-refractivity contribution in [1.82, 2.24) is 20.0 Å². The molecule has 25 heavy (non-hydrogen) atoms. The number of methoxy groups -OCH3 is 1. The Morgan fingerprint density at radius 1 is 1.28 bits per heavy atom. The van der Waals surface area contributed by atoms with Crippen molar-refractivity contribution < 1.29 is 9.26 Å². The van der Waals surface area contributed by atoms with Crippen LogP contribution in [0.1, 0.15) is 37.0 Å². The third kappa shape index (κ3) is 3.88. The summed E-state index contributed by atoms with van der Waals surface area (Å²) in [7, 11) is 3.54. The molecule has 0 aliphatic heterocycles. The average molecular weight is 342 g/mol. The lowest BCUT2D eigenvalue weighted by Gasteiger charge is -2.14. The van der Waals surface area contributed by atoms with Gasteiger partial charge >= 0.3 is 0 Å². The van der Waals surface area contributed by atoms with Crippen LogP contribution in [-0.2, 0) is 13.1 Å². The number of nitrogens with one attached hydrogen (secondary N) is 1. The summed E-state index contributed by atoms with van der Waals surface area (Å²) < 4.78 is 10.5. The van der Waals surface area contributed by atoms with E-state index in [1.807, 2.05) is 50.1 Å². The first-order valence-electron chi connectivity index (χ1n) is 8.17. The molecule has 7 heteroatoms. The monoisotopic (exact) mass is 342 g/mol. The van der Waals surface area contributed by atoms with Crippen LogP contribution in [0, 0.1) is 0 Å². The van der Waals surface area contributed by atoms with Gasteiger partial charge in [-0.05, 0) is 31.3 Å². The van der Waals surface area contributed by atoms with Crippen LogP contribution in [-0.4, -0.2) is 34.2 Å². The predicted octanol–water partition coefficient (Wildman–Crippen LogP) is 2.68. The molecule has 1 aromatic carbocycles. The Kier molecular flexibility index (Phi) is 4.85. The highest BCUT2D eigenvalue weighted by Gasteiger charge is 2.13. The van der Waals surface area contributed by atoms with Crippen LogP contribution >= 0.6 is 0 Å². The maximum absolute atomic E-state index is 12.3. The number of fused-ring (bicyclic) bond motifs is 1. The van der Waals surface area contributed by atoms with Gasteiger partial charge in [0, 0.05) is 28.9 Å². The summed E-state index contributed by atoms with van der Waals surface area (Å²) in [5.41, 5.74) is 1.37. The molecule has 132 valence electrons. The lowest BCUT2D eigenvalue weighted by atomic mass is 10.1. The molecule has 3 aromatic rings. The van der Waals surface area contributed by atoms with Gasteiger partial charge in [0.1, 0.15) is 5.75 Å². The van der Waals surface area contributed by atoms with Crippen LogP contribution in [0.15, 0.2) is 33.6 Å². The van der Waals surface area contributed by atoms with Gasteiger partial charge in [-0.3, -0.25) is 9.69 Å². The smallest absolute Gasteiger partial charge is 0.252 e. The van der Waals surface area contributed by atoms with E-state index in [0.717, 1.165) is 16.7 Å². The highest BCUT2D eigenvalue weighted by atomic mass is 16.5. The Hall–Kier alpha value is -2.67. The molecule has 7 nitrogen and oxygen atoms in total. The maximum Gasteiger partial charge on any atom is 0.252 e. The SMILES string of the molecule is COc1ccc2[nH]c(=O)c(CN(C)Cc3noc(C(C)C)n3)cc2c1. The van der Waals surface area contributed by atoms with E-state index < -0.39 is 0 Å². The first kappa shape index (κ1) is 17.2. The number of aromatic nitrogens is 3. The maximum atomic E-state index is 12.3. The fraction of sp³-hybridized carbons (Fsp3) is 0.389.